The second-order valence-corrected chi connectivity index (χ2v) is 4.36. The van der Waals surface area contributed by atoms with E-state index in [0.29, 0.717) is 0 Å². The molecule has 0 fully saturated rings. The molecule has 1 aromatic heterocycles. The van der Waals surface area contributed by atoms with E-state index in [4.69, 9.17) is 0 Å². The maximum Gasteiger partial charge on any atom is 0.0529 e. The Kier molecular flexibility index (Phi) is 3.30. The molecule has 1 atom stereocenters. The summed E-state index contributed by atoms with van der Waals surface area (Å²) < 4.78 is 2.25. The molecule has 2 nitrogen and oxygen atoms in total. The van der Waals surface area contributed by atoms with E-state index in [9.17, 15) is 5.11 Å². The van der Waals surface area contributed by atoms with E-state index < -0.39 is 0 Å². The van der Waals surface area contributed by atoms with Gasteiger partial charge in [0.25, 0.3) is 0 Å². The molecule has 0 aliphatic rings. The number of nitrogens with zero attached hydrogens (tertiary/aromatic N) is 1. The third-order valence-electron chi connectivity index (χ3n) is 3.04. The molecular formula is C14H19NO. The molecule has 0 radical (unpaired) electrons. The molecule has 0 aliphatic carbocycles. The van der Waals surface area contributed by atoms with Gasteiger partial charge in [-0.05, 0) is 36.8 Å². The van der Waals surface area contributed by atoms with E-state index in [1.807, 2.05) is 6.92 Å². The van der Waals surface area contributed by atoms with Crippen molar-refractivity contribution in [3.8, 4) is 0 Å². The average Bonchev–Trinajstić information content (AvgIpc) is 2.69. The first kappa shape index (κ1) is 11.2. The summed E-state index contributed by atoms with van der Waals surface area (Å²) in [5, 5.41) is 10.6. The van der Waals surface area contributed by atoms with Gasteiger partial charge in [-0.25, -0.2) is 0 Å². The lowest BCUT2D eigenvalue weighted by molar-refractivity contribution is 0.178. The number of para-hydroxylation sites is 1. The maximum absolute atomic E-state index is 9.34. The van der Waals surface area contributed by atoms with Crippen molar-refractivity contribution in [3.05, 3.63) is 36.0 Å². The number of aryl methyl sites for hydroxylation is 2. The lowest BCUT2D eigenvalue weighted by atomic mass is 10.1. The normalized spacial score (nSPS) is 13.2. The Labute approximate surface area is 96.5 Å². The molecule has 0 aliphatic heterocycles. The summed E-state index contributed by atoms with van der Waals surface area (Å²) >= 11 is 0. The zero-order valence-electron chi connectivity index (χ0n) is 9.98. The first-order valence-electron chi connectivity index (χ1n) is 5.97. The van der Waals surface area contributed by atoms with Gasteiger partial charge in [0.1, 0.15) is 0 Å². The molecule has 1 heterocycles. The van der Waals surface area contributed by atoms with Crippen LogP contribution in [0.3, 0.4) is 0 Å². The van der Waals surface area contributed by atoms with E-state index in [0.717, 1.165) is 19.4 Å². The van der Waals surface area contributed by atoms with Crippen LogP contribution in [-0.4, -0.2) is 15.8 Å². The third-order valence-corrected chi connectivity index (χ3v) is 3.04. The lowest BCUT2D eigenvalue weighted by Crippen LogP contribution is -2.06. The van der Waals surface area contributed by atoms with Gasteiger partial charge in [0.15, 0.2) is 0 Å². The van der Waals surface area contributed by atoms with E-state index in [1.54, 1.807) is 0 Å². The largest absolute Gasteiger partial charge is 0.393 e. The zero-order chi connectivity index (χ0) is 11.5. The van der Waals surface area contributed by atoms with Crippen molar-refractivity contribution in [2.45, 2.75) is 39.3 Å². The Morgan fingerprint density at radius 1 is 1.31 bits per heavy atom. The van der Waals surface area contributed by atoms with Crippen molar-refractivity contribution >= 4 is 10.9 Å². The Balaban J connectivity index is 2.38. The monoisotopic (exact) mass is 217 g/mol. The van der Waals surface area contributed by atoms with Crippen LogP contribution >= 0.6 is 0 Å². The number of aliphatic hydroxyl groups excluding tert-OH is 1. The molecule has 0 amide bonds. The summed E-state index contributed by atoms with van der Waals surface area (Å²) in [6.07, 6.45) is 3.75. The lowest BCUT2D eigenvalue weighted by Gasteiger charge is -2.10. The Morgan fingerprint density at radius 3 is 2.81 bits per heavy atom. The molecule has 0 saturated heterocycles. The summed E-state index contributed by atoms with van der Waals surface area (Å²) in [7, 11) is 0. The molecular weight excluding hydrogens is 198 g/mol. The van der Waals surface area contributed by atoms with Crippen LogP contribution in [0.5, 0.6) is 0 Å². The van der Waals surface area contributed by atoms with Crippen molar-refractivity contribution in [1.29, 1.82) is 0 Å². The first-order chi connectivity index (χ1) is 7.72. The van der Waals surface area contributed by atoms with Crippen LogP contribution in [0.15, 0.2) is 30.5 Å². The fraction of sp³-hybridized carbons (Fsp3) is 0.429. The highest BCUT2D eigenvalue weighted by molar-refractivity contribution is 5.83. The van der Waals surface area contributed by atoms with Gasteiger partial charge in [-0.1, -0.05) is 25.1 Å². The van der Waals surface area contributed by atoms with Gasteiger partial charge in [0, 0.05) is 12.7 Å². The molecule has 1 aromatic carbocycles. The molecule has 1 N–H and O–H groups in total. The van der Waals surface area contributed by atoms with Crippen LogP contribution in [0.1, 0.15) is 25.8 Å². The summed E-state index contributed by atoms with van der Waals surface area (Å²) in [6.45, 7) is 4.91. The number of aliphatic hydroxyl groups is 1. The number of rotatable bonds is 4. The highest BCUT2D eigenvalue weighted by Crippen LogP contribution is 2.21. The number of benzene rings is 1. The number of hydrogen-bond donors (Lipinski definition) is 1. The smallest absolute Gasteiger partial charge is 0.0529 e. The van der Waals surface area contributed by atoms with Crippen LogP contribution in [0.25, 0.3) is 10.9 Å². The van der Waals surface area contributed by atoms with Crippen molar-refractivity contribution in [2.24, 2.45) is 0 Å². The van der Waals surface area contributed by atoms with Crippen LogP contribution in [0, 0.1) is 0 Å². The number of fused-ring (bicyclic) bond motifs is 1. The minimum absolute atomic E-state index is 0.230. The molecule has 2 heteroatoms. The number of hydrogen-bond acceptors (Lipinski definition) is 1. The van der Waals surface area contributed by atoms with Crippen molar-refractivity contribution in [3.63, 3.8) is 0 Å². The van der Waals surface area contributed by atoms with Gasteiger partial charge < -0.3 is 9.67 Å². The molecule has 2 aromatic rings. The zero-order valence-corrected chi connectivity index (χ0v) is 9.98. The van der Waals surface area contributed by atoms with Crippen LogP contribution in [0.2, 0.25) is 0 Å². The maximum atomic E-state index is 9.34. The van der Waals surface area contributed by atoms with E-state index in [2.05, 4.69) is 42.0 Å². The van der Waals surface area contributed by atoms with Crippen LogP contribution in [-0.2, 0) is 13.0 Å². The van der Waals surface area contributed by atoms with Crippen molar-refractivity contribution < 1.29 is 5.11 Å². The summed E-state index contributed by atoms with van der Waals surface area (Å²) in [6, 6.07) is 8.59. The Hall–Kier alpha value is -1.28. The van der Waals surface area contributed by atoms with Gasteiger partial charge in [-0.15, -0.1) is 0 Å². The predicted octanol–water partition coefficient (Wildman–Crippen LogP) is 2.97. The summed E-state index contributed by atoms with van der Waals surface area (Å²) in [5.41, 5.74) is 2.71. The van der Waals surface area contributed by atoms with Crippen LogP contribution < -0.4 is 0 Å². The summed E-state index contributed by atoms with van der Waals surface area (Å²) in [5.74, 6) is 0. The first-order valence-corrected chi connectivity index (χ1v) is 5.97. The van der Waals surface area contributed by atoms with E-state index in [1.165, 1.54) is 16.5 Å². The molecule has 2 rings (SSSR count). The van der Waals surface area contributed by atoms with E-state index in [-0.39, 0.29) is 6.10 Å². The fourth-order valence-corrected chi connectivity index (χ4v) is 2.14. The Morgan fingerprint density at radius 2 is 2.12 bits per heavy atom. The van der Waals surface area contributed by atoms with Crippen molar-refractivity contribution in [1.82, 2.24) is 4.57 Å². The molecule has 16 heavy (non-hydrogen) atoms. The third kappa shape index (κ3) is 2.12. The second-order valence-electron chi connectivity index (χ2n) is 4.36. The minimum atomic E-state index is -0.230. The topological polar surface area (TPSA) is 25.2 Å². The highest BCUT2D eigenvalue weighted by Gasteiger charge is 2.05. The quantitative estimate of drug-likeness (QED) is 0.836. The van der Waals surface area contributed by atoms with Gasteiger partial charge >= 0.3 is 0 Å². The summed E-state index contributed by atoms with van der Waals surface area (Å²) in [4.78, 5) is 0. The average molecular weight is 217 g/mol. The minimum Gasteiger partial charge on any atom is -0.393 e. The van der Waals surface area contributed by atoms with Crippen LogP contribution in [0.4, 0.5) is 0 Å². The van der Waals surface area contributed by atoms with Gasteiger partial charge in [-0.2, -0.15) is 0 Å². The molecule has 0 bridgehead atoms. The molecule has 1 unspecified atom stereocenters. The van der Waals surface area contributed by atoms with Crippen molar-refractivity contribution in [2.75, 3.05) is 0 Å². The standard InChI is InChI=1S/C14H19NO/c1-3-12-5-4-6-13-8-10-15(14(12)13)9-7-11(2)16/h4-6,8,10-11,16H,3,7,9H2,1-2H3. The number of aromatic nitrogens is 1. The molecule has 0 saturated carbocycles. The fourth-order valence-electron chi connectivity index (χ4n) is 2.14. The van der Waals surface area contributed by atoms with Gasteiger partial charge in [-0.3, -0.25) is 0 Å². The molecule has 86 valence electrons. The van der Waals surface area contributed by atoms with Gasteiger partial charge in [0.05, 0.1) is 11.6 Å². The molecule has 0 spiro atoms. The predicted molar refractivity (Wildman–Crippen MR) is 67.6 cm³/mol. The second kappa shape index (κ2) is 4.71. The Bertz CT molecular complexity index is 471. The SMILES string of the molecule is CCc1cccc2ccn(CCC(C)O)c12. The highest BCUT2D eigenvalue weighted by atomic mass is 16.3. The van der Waals surface area contributed by atoms with E-state index >= 15 is 0 Å². The van der Waals surface area contributed by atoms with Gasteiger partial charge in [0.2, 0.25) is 0 Å².